The SMILES string of the molecule is Cc1ccc(N2C(=O)[C@H](/C=N/N3C(=O)c4ccccc4C3=O)C(=O)NC2=S)cc1. The van der Waals surface area contributed by atoms with E-state index in [1.807, 2.05) is 19.1 Å². The average Bonchev–Trinajstić information content (AvgIpc) is 2.94. The zero-order valence-corrected chi connectivity index (χ0v) is 16.0. The highest BCUT2D eigenvalue weighted by molar-refractivity contribution is 7.80. The van der Waals surface area contributed by atoms with E-state index in [1.165, 1.54) is 17.0 Å². The second kappa shape index (κ2) is 7.02. The van der Waals surface area contributed by atoms with Gasteiger partial charge in [0.2, 0.25) is 5.91 Å². The number of amides is 4. The molecule has 2 aromatic rings. The minimum atomic E-state index is -1.34. The number of benzene rings is 2. The molecule has 1 atom stereocenters. The molecule has 1 fully saturated rings. The molecule has 0 radical (unpaired) electrons. The van der Waals surface area contributed by atoms with Crippen LogP contribution >= 0.6 is 12.2 Å². The fourth-order valence-corrected chi connectivity index (χ4v) is 3.37. The van der Waals surface area contributed by atoms with Gasteiger partial charge in [-0.3, -0.25) is 24.1 Å². The number of hydrogen-bond acceptors (Lipinski definition) is 6. The molecule has 2 aromatic carbocycles. The number of thiocarbonyl (C=S) groups is 1. The van der Waals surface area contributed by atoms with Crippen LogP contribution < -0.4 is 10.2 Å². The Morgan fingerprint density at radius 3 is 2.14 bits per heavy atom. The Kier molecular flexibility index (Phi) is 4.51. The van der Waals surface area contributed by atoms with Gasteiger partial charge in [0.05, 0.1) is 16.8 Å². The van der Waals surface area contributed by atoms with Crippen molar-refractivity contribution >= 4 is 52.9 Å². The van der Waals surface area contributed by atoms with Crippen molar-refractivity contribution in [2.75, 3.05) is 4.90 Å². The predicted octanol–water partition coefficient (Wildman–Crippen LogP) is 1.64. The van der Waals surface area contributed by atoms with Crippen molar-refractivity contribution < 1.29 is 19.2 Å². The number of nitrogens with one attached hydrogen (secondary N) is 1. The molecule has 2 aliphatic rings. The van der Waals surface area contributed by atoms with E-state index in [0.717, 1.165) is 11.8 Å². The second-order valence-corrected chi connectivity index (χ2v) is 6.90. The minimum Gasteiger partial charge on any atom is -0.301 e. The summed E-state index contributed by atoms with van der Waals surface area (Å²) in [4.78, 5) is 51.2. The minimum absolute atomic E-state index is 0.0470. The summed E-state index contributed by atoms with van der Waals surface area (Å²) in [7, 11) is 0. The molecule has 0 spiro atoms. The quantitative estimate of drug-likeness (QED) is 0.362. The number of nitrogens with zero attached hydrogens (tertiary/aromatic N) is 3. The highest BCUT2D eigenvalue weighted by Gasteiger charge is 2.40. The molecule has 9 heteroatoms. The standard InChI is InChI=1S/C20H14N4O4S/c1-11-6-8-12(9-7-11)23-17(26)15(16(25)22-20(23)29)10-21-24-18(27)13-4-2-3-5-14(13)19(24)28/h2-10,15H,1H3,(H,22,25,29)/b21-10+/t15-/m1/s1. The summed E-state index contributed by atoms with van der Waals surface area (Å²) >= 11 is 5.14. The largest absolute Gasteiger partial charge is 0.301 e. The Morgan fingerprint density at radius 2 is 1.55 bits per heavy atom. The molecule has 144 valence electrons. The normalized spacial score (nSPS) is 19.2. The first-order valence-electron chi connectivity index (χ1n) is 8.66. The average molecular weight is 406 g/mol. The first-order valence-corrected chi connectivity index (χ1v) is 9.06. The van der Waals surface area contributed by atoms with E-state index >= 15 is 0 Å². The summed E-state index contributed by atoms with van der Waals surface area (Å²) in [5.74, 6) is -3.87. The molecule has 29 heavy (non-hydrogen) atoms. The van der Waals surface area contributed by atoms with Crippen molar-refractivity contribution in [1.29, 1.82) is 0 Å². The third kappa shape index (κ3) is 3.11. The van der Waals surface area contributed by atoms with Crippen molar-refractivity contribution in [2.24, 2.45) is 11.0 Å². The number of aryl methyl sites for hydroxylation is 1. The first-order chi connectivity index (χ1) is 13.9. The van der Waals surface area contributed by atoms with E-state index in [-0.39, 0.29) is 16.2 Å². The molecule has 0 saturated carbocycles. The molecule has 8 nitrogen and oxygen atoms in total. The van der Waals surface area contributed by atoms with E-state index in [9.17, 15) is 19.2 Å². The number of fused-ring (bicyclic) bond motifs is 1. The highest BCUT2D eigenvalue weighted by Crippen LogP contribution is 2.24. The summed E-state index contributed by atoms with van der Waals surface area (Å²) in [5, 5.41) is 6.91. The monoisotopic (exact) mass is 406 g/mol. The fourth-order valence-electron chi connectivity index (χ4n) is 3.07. The van der Waals surface area contributed by atoms with E-state index in [0.29, 0.717) is 10.7 Å². The van der Waals surface area contributed by atoms with Gasteiger partial charge < -0.3 is 5.32 Å². The highest BCUT2D eigenvalue weighted by atomic mass is 32.1. The summed E-state index contributed by atoms with van der Waals surface area (Å²) < 4.78 is 0. The Morgan fingerprint density at radius 1 is 0.966 bits per heavy atom. The van der Waals surface area contributed by atoms with Gasteiger partial charge in [-0.05, 0) is 43.4 Å². The van der Waals surface area contributed by atoms with Gasteiger partial charge in [-0.25, -0.2) is 0 Å². The Hall–Kier alpha value is -3.72. The molecular weight excluding hydrogens is 392 g/mol. The van der Waals surface area contributed by atoms with Crippen molar-refractivity contribution in [2.45, 2.75) is 6.92 Å². The molecule has 0 unspecified atom stereocenters. The Balaban J connectivity index is 1.61. The van der Waals surface area contributed by atoms with Gasteiger partial charge in [0.1, 0.15) is 0 Å². The van der Waals surface area contributed by atoms with Gasteiger partial charge in [0, 0.05) is 6.21 Å². The lowest BCUT2D eigenvalue weighted by Gasteiger charge is -2.31. The van der Waals surface area contributed by atoms with Gasteiger partial charge in [0.15, 0.2) is 11.0 Å². The van der Waals surface area contributed by atoms with Crippen LogP contribution in [0, 0.1) is 12.8 Å². The molecule has 1 N–H and O–H groups in total. The van der Waals surface area contributed by atoms with Crippen molar-refractivity contribution in [3.63, 3.8) is 0 Å². The first kappa shape index (κ1) is 18.6. The van der Waals surface area contributed by atoms with Gasteiger partial charge in [-0.2, -0.15) is 10.1 Å². The summed E-state index contributed by atoms with van der Waals surface area (Å²) in [6, 6.07) is 13.3. The lowest BCUT2D eigenvalue weighted by atomic mass is 10.1. The van der Waals surface area contributed by atoms with Gasteiger partial charge in [-0.1, -0.05) is 29.8 Å². The summed E-state index contributed by atoms with van der Waals surface area (Å²) in [6.45, 7) is 1.90. The second-order valence-electron chi connectivity index (χ2n) is 6.51. The van der Waals surface area contributed by atoms with Crippen LogP contribution in [0.15, 0.2) is 53.6 Å². The molecule has 1 saturated heterocycles. The smallest absolute Gasteiger partial charge is 0.282 e. The maximum absolute atomic E-state index is 12.9. The van der Waals surface area contributed by atoms with Crippen LogP contribution in [0.3, 0.4) is 0 Å². The third-order valence-electron chi connectivity index (χ3n) is 4.60. The van der Waals surface area contributed by atoms with Crippen molar-refractivity contribution in [1.82, 2.24) is 10.3 Å². The predicted molar refractivity (Wildman–Crippen MR) is 108 cm³/mol. The molecule has 0 aromatic heterocycles. The summed E-state index contributed by atoms with van der Waals surface area (Å²) in [6.07, 6.45) is 0.988. The van der Waals surface area contributed by atoms with Crippen LogP contribution in [0.4, 0.5) is 5.69 Å². The van der Waals surface area contributed by atoms with Gasteiger partial charge in [-0.15, -0.1) is 0 Å². The molecule has 4 rings (SSSR count). The molecule has 2 aliphatic heterocycles. The van der Waals surface area contributed by atoms with Crippen molar-refractivity contribution in [3.8, 4) is 0 Å². The van der Waals surface area contributed by atoms with E-state index in [1.54, 1.807) is 24.3 Å². The fraction of sp³-hybridized carbons (Fsp3) is 0.100. The van der Waals surface area contributed by atoms with Crippen LogP contribution in [-0.2, 0) is 9.59 Å². The van der Waals surface area contributed by atoms with Crippen LogP contribution in [-0.4, -0.2) is 40.0 Å². The molecular formula is C20H14N4O4S. The van der Waals surface area contributed by atoms with Gasteiger partial charge >= 0.3 is 0 Å². The Bertz CT molecular complexity index is 1070. The number of carbonyl (C=O) groups excluding carboxylic acids is 4. The number of imide groups is 1. The lowest BCUT2D eigenvalue weighted by Crippen LogP contribution is -2.58. The number of rotatable bonds is 3. The Labute approximate surface area is 170 Å². The van der Waals surface area contributed by atoms with E-state index in [4.69, 9.17) is 12.2 Å². The van der Waals surface area contributed by atoms with Crippen molar-refractivity contribution in [3.05, 3.63) is 65.2 Å². The third-order valence-corrected chi connectivity index (χ3v) is 4.88. The summed E-state index contributed by atoms with van der Waals surface area (Å²) in [5.41, 5.74) is 1.93. The molecule has 2 heterocycles. The maximum atomic E-state index is 12.9. The maximum Gasteiger partial charge on any atom is 0.282 e. The number of carbonyl (C=O) groups is 4. The number of hydrogen-bond donors (Lipinski definition) is 1. The molecule has 4 amide bonds. The lowest BCUT2D eigenvalue weighted by molar-refractivity contribution is -0.130. The number of hydrazone groups is 1. The van der Waals surface area contributed by atoms with E-state index < -0.39 is 29.5 Å². The topological polar surface area (TPSA) is 99.2 Å². The van der Waals surface area contributed by atoms with Crippen LogP contribution in [0.5, 0.6) is 0 Å². The van der Waals surface area contributed by atoms with E-state index in [2.05, 4.69) is 10.4 Å². The zero-order chi connectivity index (χ0) is 20.7. The zero-order valence-electron chi connectivity index (χ0n) is 15.2. The molecule has 0 bridgehead atoms. The van der Waals surface area contributed by atoms with Crippen LogP contribution in [0.25, 0.3) is 0 Å². The molecule has 0 aliphatic carbocycles. The van der Waals surface area contributed by atoms with Crippen LogP contribution in [0.2, 0.25) is 0 Å². The number of anilines is 1. The van der Waals surface area contributed by atoms with Crippen LogP contribution in [0.1, 0.15) is 26.3 Å². The van der Waals surface area contributed by atoms with Gasteiger partial charge in [0.25, 0.3) is 17.7 Å².